The molecule has 0 saturated carbocycles. The van der Waals surface area contributed by atoms with E-state index in [-0.39, 0.29) is 5.91 Å². The van der Waals surface area contributed by atoms with Crippen LogP contribution in [-0.4, -0.2) is 12.1 Å². The Labute approximate surface area is 122 Å². The first-order chi connectivity index (χ1) is 9.75. The monoisotopic (exact) mass is 284 g/mol. The molecule has 102 valence electrons. The fourth-order valence-corrected chi connectivity index (χ4v) is 3.81. The zero-order valence-electron chi connectivity index (χ0n) is 11.1. The molecule has 0 unspecified atom stereocenters. The first-order valence-corrected chi connectivity index (χ1v) is 7.61. The summed E-state index contributed by atoms with van der Waals surface area (Å²) in [4.78, 5) is 17.5. The van der Waals surface area contributed by atoms with Crippen LogP contribution >= 0.6 is 11.3 Å². The van der Waals surface area contributed by atoms with Gasteiger partial charge in [0.1, 0.15) is 5.00 Å². The maximum Gasteiger partial charge on any atom is 0.252 e. The third-order valence-electron chi connectivity index (χ3n) is 3.53. The molecule has 1 aliphatic carbocycles. The number of carbonyl (C=O) groups excluding carboxylic acids is 1. The van der Waals surface area contributed by atoms with Gasteiger partial charge in [-0.1, -0.05) is 30.3 Å². The van der Waals surface area contributed by atoms with Crippen LogP contribution in [-0.2, 0) is 12.8 Å². The lowest BCUT2D eigenvalue weighted by Crippen LogP contribution is -2.14. The number of nitrogens with two attached hydrogens (primary N) is 1. The molecule has 0 fully saturated rings. The average Bonchev–Trinajstić information content (AvgIpc) is 2.84. The molecule has 0 aliphatic heterocycles. The first-order valence-electron chi connectivity index (χ1n) is 6.79. The number of primary amides is 1. The highest BCUT2D eigenvalue weighted by Crippen LogP contribution is 2.39. The number of aliphatic imine (C=N–C) groups is 1. The predicted molar refractivity (Wildman–Crippen MR) is 83.2 cm³/mol. The second kappa shape index (κ2) is 5.59. The molecule has 3 nitrogen and oxygen atoms in total. The lowest BCUT2D eigenvalue weighted by atomic mass is 9.95. The fourth-order valence-electron chi connectivity index (χ4n) is 2.57. The number of benzene rings is 1. The first kappa shape index (κ1) is 13.1. The van der Waals surface area contributed by atoms with Gasteiger partial charge in [0.2, 0.25) is 0 Å². The number of carbonyl (C=O) groups is 1. The summed E-state index contributed by atoms with van der Waals surface area (Å²) in [6, 6.07) is 9.88. The van der Waals surface area contributed by atoms with Gasteiger partial charge in [0.05, 0.1) is 5.56 Å². The lowest BCUT2D eigenvalue weighted by molar-refractivity contribution is 0.100. The van der Waals surface area contributed by atoms with Gasteiger partial charge in [-0.15, -0.1) is 11.3 Å². The second-order valence-corrected chi connectivity index (χ2v) is 6.01. The van der Waals surface area contributed by atoms with E-state index in [0.717, 1.165) is 35.4 Å². The zero-order valence-corrected chi connectivity index (χ0v) is 12.0. The van der Waals surface area contributed by atoms with Crippen LogP contribution in [0, 0.1) is 0 Å². The van der Waals surface area contributed by atoms with Gasteiger partial charge in [-0.25, -0.2) is 4.99 Å². The van der Waals surface area contributed by atoms with Crippen molar-refractivity contribution in [3.63, 3.8) is 0 Å². The summed E-state index contributed by atoms with van der Waals surface area (Å²) in [5.74, 6) is -0.357. The van der Waals surface area contributed by atoms with E-state index in [1.54, 1.807) is 17.6 Å². The van der Waals surface area contributed by atoms with Crippen LogP contribution < -0.4 is 5.73 Å². The molecule has 1 aromatic carbocycles. The van der Waals surface area contributed by atoms with Crippen molar-refractivity contribution in [1.82, 2.24) is 0 Å². The summed E-state index contributed by atoms with van der Waals surface area (Å²) in [5.41, 5.74) is 8.34. The van der Waals surface area contributed by atoms with Crippen molar-refractivity contribution >= 4 is 28.5 Å². The molecule has 0 bridgehead atoms. The number of rotatable bonds is 3. The Morgan fingerprint density at radius 2 is 1.95 bits per heavy atom. The largest absolute Gasteiger partial charge is 0.365 e. The highest BCUT2D eigenvalue weighted by Gasteiger charge is 2.23. The maximum absolute atomic E-state index is 11.7. The van der Waals surface area contributed by atoms with E-state index in [9.17, 15) is 4.79 Å². The minimum Gasteiger partial charge on any atom is -0.365 e. The van der Waals surface area contributed by atoms with Crippen molar-refractivity contribution in [2.45, 2.75) is 25.7 Å². The Bertz CT molecular complexity index is 659. The molecule has 0 atom stereocenters. The number of hydrogen-bond acceptors (Lipinski definition) is 3. The van der Waals surface area contributed by atoms with Crippen LogP contribution in [0.5, 0.6) is 0 Å². The Kier molecular flexibility index (Phi) is 3.65. The highest BCUT2D eigenvalue weighted by atomic mass is 32.1. The summed E-state index contributed by atoms with van der Waals surface area (Å²) >= 11 is 1.61. The van der Waals surface area contributed by atoms with E-state index >= 15 is 0 Å². The minimum atomic E-state index is -0.357. The Morgan fingerprint density at radius 1 is 1.20 bits per heavy atom. The van der Waals surface area contributed by atoms with Gasteiger partial charge < -0.3 is 5.73 Å². The quantitative estimate of drug-likeness (QED) is 0.862. The molecule has 1 aromatic heterocycles. The minimum absolute atomic E-state index is 0.357. The fraction of sp³-hybridized carbons (Fsp3) is 0.250. The number of aryl methyl sites for hydroxylation is 1. The highest BCUT2D eigenvalue weighted by molar-refractivity contribution is 7.16. The van der Waals surface area contributed by atoms with Gasteiger partial charge in [0.15, 0.2) is 0 Å². The third kappa shape index (κ3) is 2.51. The van der Waals surface area contributed by atoms with Gasteiger partial charge in [-0.2, -0.15) is 0 Å². The number of fused-ring (bicyclic) bond motifs is 1. The van der Waals surface area contributed by atoms with Crippen molar-refractivity contribution in [2.24, 2.45) is 10.7 Å². The maximum atomic E-state index is 11.7. The Morgan fingerprint density at radius 3 is 2.70 bits per heavy atom. The lowest BCUT2D eigenvalue weighted by Gasteiger charge is -2.10. The van der Waals surface area contributed by atoms with E-state index in [1.165, 1.54) is 11.3 Å². The predicted octanol–water partition coefficient (Wildman–Crippen LogP) is 3.48. The van der Waals surface area contributed by atoms with E-state index in [4.69, 9.17) is 5.73 Å². The van der Waals surface area contributed by atoms with E-state index < -0.39 is 0 Å². The molecule has 0 radical (unpaired) electrons. The van der Waals surface area contributed by atoms with Crippen LogP contribution in [0.4, 0.5) is 5.00 Å². The normalized spacial score (nSPS) is 14.4. The van der Waals surface area contributed by atoms with Crippen molar-refractivity contribution in [1.29, 1.82) is 0 Å². The number of amides is 1. The summed E-state index contributed by atoms with van der Waals surface area (Å²) in [5, 5.41) is 0.758. The van der Waals surface area contributed by atoms with Gasteiger partial charge in [0, 0.05) is 11.1 Å². The van der Waals surface area contributed by atoms with E-state index in [2.05, 4.69) is 4.99 Å². The van der Waals surface area contributed by atoms with Crippen LogP contribution in [0.1, 0.15) is 39.2 Å². The molecule has 1 amide bonds. The number of thiophene rings is 1. The molecule has 1 heterocycles. The summed E-state index contributed by atoms with van der Waals surface area (Å²) < 4.78 is 0. The molecular weight excluding hydrogens is 268 g/mol. The Balaban J connectivity index is 1.99. The third-order valence-corrected chi connectivity index (χ3v) is 4.73. The second-order valence-electron chi connectivity index (χ2n) is 4.92. The molecule has 4 heteroatoms. The standard InChI is InChI=1S/C16H16N2OS/c17-15(19)14-12-8-4-5-9-13(12)20-16(14)18-10-11-6-2-1-3-7-11/h1-3,6-7,10H,4-5,8-9H2,(H2,17,19)/b18-10+. The van der Waals surface area contributed by atoms with Crippen molar-refractivity contribution in [3.8, 4) is 0 Å². The SMILES string of the molecule is NC(=O)c1c(/N=C/c2ccccc2)sc2c1CCCC2. The molecule has 2 N–H and O–H groups in total. The molecule has 0 saturated heterocycles. The molecule has 2 aromatic rings. The van der Waals surface area contributed by atoms with Gasteiger partial charge in [-0.3, -0.25) is 4.79 Å². The molecule has 0 spiro atoms. The van der Waals surface area contributed by atoms with Crippen LogP contribution in [0.3, 0.4) is 0 Å². The molecule has 1 aliphatic rings. The summed E-state index contributed by atoms with van der Waals surface area (Å²) in [6.07, 6.45) is 6.11. The van der Waals surface area contributed by atoms with Gasteiger partial charge >= 0.3 is 0 Å². The van der Waals surface area contributed by atoms with E-state index in [1.807, 2.05) is 30.3 Å². The van der Waals surface area contributed by atoms with Crippen molar-refractivity contribution < 1.29 is 4.79 Å². The number of nitrogens with zero attached hydrogens (tertiary/aromatic N) is 1. The number of hydrogen-bond donors (Lipinski definition) is 1. The topological polar surface area (TPSA) is 55.5 Å². The molecule has 20 heavy (non-hydrogen) atoms. The zero-order chi connectivity index (χ0) is 13.9. The summed E-state index contributed by atoms with van der Waals surface area (Å²) in [7, 11) is 0. The van der Waals surface area contributed by atoms with Gasteiger partial charge in [-0.05, 0) is 36.8 Å². The Hall–Kier alpha value is -1.94. The van der Waals surface area contributed by atoms with E-state index in [0.29, 0.717) is 5.56 Å². The van der Waals surface area contributed by atoms with Crippen molar-refractivity contribution in [2.75, 3.05) is 0 Å². The van der Waals surface area contributed by atoms with Crippen molar-refractivity contribution in [3.05, 3.63) is 51.9 Å². The summed E-state index contributed by atoms with van der Waals surface area (Å²) in [6.45, 7) is 0. The van der Waals surface area contributed by atoms with Crippen LogP contribution in [0.2, 0.25) is 0 Å². The van der Waals surface area contributed by atoms with Gasteiger partial charge in [0.25, 0.3) is 5.91 Å². The average molecular weight is 284 g/mol. The van der Waals surface area contributed by atoms with Crippen LogP contribution in [0.25, 0.3) is 0 Å². The molecule has 3 rings (SSSR count). The molecular formula is C16H16N2OS. The van der Waals surface area contributed by atoms with Crippen LogP contribution in [0.15, 0.2) is 35.3 Å². The smallest absolute Gasteiger partial charge is 0.252 e.